The molecule has 3 aromatic rings. The Morgan fingerprint density at radius 2 is 2.00 bits per heavy atom. The third-order valence-electron chi connectivity index (χ3n) is 3.05. The molecule has 2 aromatic heterocycles. The van der Waals surface area contributed by atoms with E-state index in [0.29, 0.717) is 5.69 Å². The lowest BCUT2D eigenvalue weighted by molar-refractivity contribution is 0.102. The van der Waals surface area contributed by atoms with Gasteiger partial charge in [-0.15, -0.1) is 0 Å². The van der Waals surface area contributed by atoms with E-state index < -0.39 is 0 Å². The van der Waals surface area contributed by atoms with Gasteiger partial charge in [-0.05, 0) is 30.7 Å². The molecule has 0 saturated carbocycles. The van der Waals surface area contributed by atoms with Crippen LogP contribution in [0.3, 0.4) is 0 Å². The number of pyridine rings is 1. The van der Waals surface area contributed by atoms with E-state index in [1.807, 2.05) is 43.3 Å². The van der Waals surface area contributed by atoms with Crippen molar-refractivity contribution in [3.8, 4) is 0 Å². The lowest BCUT2D eigenvalue weighted by Gasteiger charge is -2.09. The van der Waals surface area contributed by atoms with Gasteiger partial charge in [0.05, 0.1) is 0 Å². The highest BCUT2D eigenvalue weighted by molar-refractivity contribution is 6.03. The highest BCUT2D eigenvalue weighted by Crippen LogP contribution is 2.15. The molecule has 0 fully saturated rings. The van der Waals surface area contributed by atoms with Gasteiger partial charge in [-0.1, -0.05) is 24.3 Å². The molecule has 0 aliphatic heterocycles. The second kappa shape index (κ2) is 4.57. The van der Waals surface area contributed by atoms with E-state index in [9.17, 15) is 4.79 Å². The van der Waals surface area contributed by atoms with Crippen LogP contribution in [0.25, 0.3) is 5.65 Å². The third kappa shape index (κ3) is 2.08. The normalized spacial score (nSPS) is 10.6. The van der Waals surface area contributed by atoms with E-state index in [2.05, 4.69) is 10.3 Å². The van der Waals surface area contributed by atoms with Crippen molar-refractivity contribution in [1.29, 1.82) is 0 Å². The summed E-state index contributed by atoms with van der Waals surface area (Å²) in [6.07, 6.45) is 3.46. The van der Waals surface area contributed by atoms with Gasteiger partial charge in [0.25, 0.3) is 5.91 Å². The maximum absolute atomic E-state index is 12.3. The molecule has 0 aliphatic rings. The van der Waals surface area contributed by atoms with E-state index in [1.165, 1.54) is 0 Å². The number of anilines is 1. The van der Waals surface area contributed by atoms with E-state index in [-0.39, 0.29) is 5.91 Å². The number of aromatic nitrogens is 2. The summed E-state index contributed by atoms with van der Waals surface area (Å²) in [5.41, 5.74) is 3.19. The molecule has 19 heavy (non-hydrogen) atoms. The van der Waals surface area contributed by atoms with Gasteiger partial charge in [-0.2, -0.15) is 0 Å². The number of carbonyl (C=O) groups is 1. The Hall–Kier alpha value is -2.62. The third-order valence-corrected chi connectivity index (χ3v) is 3.05. The zero-order valence-corrected chi connectivity index (χ0v) is 10.5. The molecule has 0 atom stereocenters. The van der Waals surface area contributed by atoms with E-state index in [4.69, 9.17) is 0 Å². The monoisotopic (exact) mass is 251 g/mol. The second-order valence-corrected chi connectivity index (χ2v) is 4.34. The van der Waals surface area contributed by atoms with Gasteiger partial charge in [-0.25, -0.2) is 4.98 Å². The second-order valence-electron chi connectivity index (χ2n) is 4.34. The minimum absolute atomic E-state index is 0.141. The summed E-state index contributed by atoms with van der Waals surface area (Å²) in [7, 11) is 0. The van der Waals surface area contributed by atoms with Crippen LogP contribution in [0.1, 0.15) is 16.1 Å². The zero-order valence-electron chi connectivity index (χ0n) is 10.5. The summed E-state index contributed by atoms with van der Waals surface area (Å²) < 4.78 is 1.77. The molecule has 3 rings (SSSR count). The highest BCUT2D eigenvalue weighted by atomic mass is 16.1. The van der Waals surface area contributed by atoms with Crippen LogP contribution < -0.4 is 5.32 Å². The Morgan fingerprint density at radius 1 is 1.16 bits per heavy atom. The number of para-hydroxylation sites is 1. The van der Waals surface area contributed by atoms with Crippen molar-refractivity contribution >= 4 is 17.2 Å². The van der Waals surface area contributed by atoms with Crippen molar-refractivity contribution < 1.29 is 4.79 Å². The predicted molar refractivity (Wildman–Crippen MR) is 74.3 cm³/mol. The molecule has 1 aromatic carbocycles. The number of hydrogen-bond donors (Lipinski definition) is 1. The fraction of sp³-hybridized carbons (Fsp3) is 0.0667. The summed E-state index contributed by atoms with van der Waals surface area (Å²) in [5.74, 6) is -0.141. The maximum Gasteiger partial charge on any atom is 0.272 e. The molecule has 0 unspecified atom stereocenters. The van der Waals surface area contributed by atoms with Crippen LogP contribution in [-0.4, -0.2) is 15.3 Å². The van der Waals surface area contributed by atoms with E-state index in [0.717, 1.165) is 16.9 Å². The Morgan fingerprint density at radius 3 is 2.84 bits per heavy atom. The summed E-state index contributed by atoms with van der Waals surface area (Å²) in [6, 6.07) is 13.2. The topological polar surface area (TPSA) is 46.4 Å². The number of nitrogens with one attached hydrogen (secondary N) is 1. The van der Waals surface area contributed by atoms with Crippen LogP contribution in [-0.2, 0) is 0 Å². The largest absolute Gasteiger partial charge is 0.320 e. The van der Waals surface area contributed by atoms with Crippen molar-refractivity contribution in [2.75, 3.05) is 5.32 Å². The zero-order chi connectivity index (χ0) is 13.2. The molecule has 0 spiro atoms. The summed E-state index contributed by atoms with van der Waals surface area (Å²) in [5, 5.41) is 2.92. The summed E-state index contributed by atoms with van der Waals surface area (Å²) in [6.45, 7) is 1.97. The minimum atomic E-state index is -0.141. The minimum Gasteiger partial charge on any atom is -0.320 e. The highest BCUT2D eigenvalue weighted by Gasteiger charge is 2.10. The molecule has 0 bridgehead atoms. The number of nitrogens with zero attached hydrogens (tertiary/aromatic N) is 2. The van der Waals surface area contributed by atoms with Crippen molar-refractivity contribution in [3.63, 3.8) is 0 Å². The standard InChI is InChI=1S/C15H13N3O/c1-11-5-2-3-6-12(11)17-15(19)13-7-4-8-14-16-9-10-18(13)14/h2-10H,1H3,(H,17,19). The van der Waals surface area contributed by atoms with Crippen LogP contribution in [0.15, 0.2) is 54.9 Å². The van der Waals surface area contributed by atoms with Crippen LogP contribution in [0.5, 0.6) is 0 Å². The van der Waals surface area contributed by atoms with Crippen molar-refractivity contribution in [3.05, 3.63) is 66.1 Å². The van der Waals surface area contributed by atoms with Crippen LogP contribution in [0.2, 0.25) is 0 Å². The molecule has 1 amide bonds. The molecular formula is C15H13N3O. The Bertz CT molecular complexity index is 746. The molecule has 0 aliphatic carbocycles. The molecule has 4 heteroatoms. The number of benzene rings is 1. The van der Waals surface area contributed by atoms with Crippen molar-refractivity contribution in [2.45, 2.75) is 6.92 Å². The molecular weight excluding hydrogens is 238 g/mol. The number of carbonyl (C=O) groups excluding carboxylic acids is 1. The van der Waals surface area contributed by atoms with Crippen molar-refractivity contribution in [2.24, 2.45) is 0 Å². The van der Waals surface area contributed by atoms with Crippen molar-refractivity contribution in [1.82, 2.24) is 9.38 Å². The lowest BCUT2D eigenvalue weighted by Crippen LogP contribution is -2.16. The number of fused-ring (bicyclic) bond motifs is 1. The Kier molecular flexibility index (Phi) is 2.76. The quantitative estimate of drug-likeness (QED) is 0.761. The smallest absolute Gasteiger partial charge is 0.272 e. The SMILES string of the molecule is Cc1ccccc1NC(=O)c1cccc2nccn12. The van der Waals surface area contributed by atoms with E-state index in [1.54, 1.807) is 22.9 Å². The fourth-order valence-corrected chi connectivity index (χ4v) is 2.03. The summed E-state index contributed by atoms with van der Waals surface area (Å²) in [4.78, 5) is 16.5. The average Bonchev–Trinajstić information content (AvgIpc) is 2.89. The molecule has 1 N–H and O–H groups in total. The average molecular weight is 251 g/mol. The first-order valence-electron chi connectivity index (χ1n) is 6.05. The van der Waals surface area contributed by atoms with Gasteiger partial charge >= 0.3 is 0 Å². The van der Waals surface area contributed by atoms with Crippen LogP contribution in [0.4, 0.5) is 5.69 Å². The number of hydrogen-bond acceptors (Lipinski definition) is 2. The Balaban J connectivity index is 1.97. The number of rotatable bonds is 2. The van der Waals surface area contributed by atoms with Gasteiger partial charge in [0.15, 0.2) is 0 Å². The molecule has 2 heterocycles. The van der Waals surface area contributed by atoms with E-state index >= 15 is 0 Å². The number of aryl methyl sites for hydroxylation is 1. The first-order valence-corrected chi connectivity index (χ1v) is 6.05. The molecule has 0 saturated heterocycles. The van der Waals surface area contributed by atoms with Gasteiger partial charge in [0.2, 0.25) is 0 Å². The maximum atomic E-state index is 12.3. The van der Waals surface area contributed by atoms with Crippen LogP contribution >= 0.6 is 0 Å². The molecule has 94 valence electrons. The van der Waals surface area contributed by atoms with Gasteiger partial charge < -0.3 is 5.32 Å². The van der Waals surface area contributed by atoms with Crippen LogP contribution in [0, 0.1) is 6.92 Å². The first kappa shape index (κ1) is 11.5. The Labute approximate surface area is 110 Å². The number of imidazole rings is 1. The van der Waals surface area contributed by atoms with Gasteiger partial charge in [-0.3, -0.25) is 9.20 Å². The predicted octanol–water partition coefficient (Wildman–Crippen LogP) is 2.90. The van der Waals surface area contributed by atoms with Gasteiger partial charge in [0.1, 0.15) is 11.3 Å². The molecule has 0 radical (unpaired) electrons. The summed E-state index contributed by atoms with van der Waals surface area (Å²) >= 11 is 0. The fourth-order valence-electron chi connectivity index (χ4n) is 2.03. The number of amides is 1. The lowest BCUT2D eigenvalue weighted by atomic mass is 10.2. The van der Waals surface area contributed by atoms with Gasteiger partial charge in [0, 0.05) is 18.1 Å². The first-order chi connectivity index (χ1) is 9.25. The molecule has 4 nitrogen and oxygen atoms in total.